The molecule has 1 aliphatic rings. The number of hydrogen-bond acceptors (Lipinski definition) is 3. The summed E-state index contributed by atoms with van der Waals surface area (Å²) in [7, 11) is 0. The van der Waals surface area contributed by atoms with Crippen molar-refractivity contribution in [1.29, 1.82) is 0 Å². The van der Waals surface area contributed by atoms with E-state index in [0.717, 1.165) is 19.5 Å². The Balaban J connectivity index is 2.32. The van der Waals surface area contributed by atoms with Crippen molar-refractivity contribution in [3.63, 3.8) is 0 Å². The van der Waals surface area contributed by atoms with E-state index in [0.29, 0.717) is 13.0 Å². The highest BCUT2D eigenvalue weighted by atomic mass is 16.3. The Labute approximate surface area is 78.9 Å². The highest BCUT2D eigenvalue weighted by Gasteiger charge is 2.29. The monoisotopic (exact) mass is 186 g/mol. The minimum atomic E-state index is 0.0173. The fraction of sp³-hybridized carbons (Fsp3) is 0.889. The summed E-state index contributed by atoms with van der Waals surface area (Å²) < 4.78 is 0. The Morgan fingerprint density at radius 1 is 1.69 bits per heavy atom. The molecule has 1 heterocycles. The van der Waals surface area contributed by atoms with Gasteiger partial charge in [-0.25, -0.2) is 0 Å². The molecule has 1 saturated heterocycles. The van der Waals surface area contributed by atoms with Gasteiger partial charge in [0.2, 0.25) is 5.91 Å². The van der Waals surface area contributed by atoms with Crippen molar-refractivity contribution in [1.82, 2.24) is 10.2 Å². The molecule has 1 unspecified atom stereocenters. The zero-order valence-electron chi connectivity index (χ0n) is 8.12. The van der Waals surface area contributed by atoms with Crippen molar-refractivity contribution < 1.29 is 9.90 Å². The molecule has 1 rings (SSSR count). The molecule has 1 amide bonds. The number of likely N-dealkylation sites (N-methyl/N-ethyl adjacent to an activating group) is 1. The predicted molar refractivity (Wildman–Crippen MR) is 50.4 cm³/mol. The first-order valence-corrected chi connectivity index (χ1v) is 4.92. The quantitative estimate of drug-likeness (QED) is 0.613. The number of nitrogens with zero attached hydrogens (tertiary/aromatic N) is 1. The van der Waals surface area contributed by atoms with Gasteiger partial charge in [0, 0.05) is 19.7 Å². The van der Waals surface area contributed by atoms with Crippen molar-refractivity contribution in [2.45, 2.75) is 25.8 Å². The first-order valence-electron chi connectivity index (χ1n) is 4.92. The van der Waals surface area contributed by atoms with Crippen LogP contribution in [0.3, 0.4) is 0 Å². The molecule has 76 valence electrons. The summed E-state index contributed by atoms with van der Waals surface area (Å²) in [4.78, 5) is 13.4. The smallest absolute Gasteiger partial charge is 0.239 e. The molecule has 0 aromatic carbocycles. The standard InChI is InChI=1S/C9H18N2O2/c1-2-10-8-4-6-11(9(8)13)5-3-7-12/h8,10,12H,2-7H2,1H3. The largest absolute Gasteiger partial charge is 0.396 e. The number of hydrogen-bond donors (Lipinski definition) is 2. The van der Waals surface area contributed by atoms with Gasteiger partial charge in [-0.1, -0.05) is 6.92 Å². The maximum atomic E-state index is 11.6. The number of rotatable bonds is 5. The third-order valence-electron chi connectivity index (χ3n) is 2.33. The number of carbonyl (C=O) groups is 1. The molecule has 13 heavy (non-hydrogen) atoms. The number of aliphatic hydroxyl groups excluding tert-OH is 1. The summed E-state index contributed by atoms with van der Waals surface area (Å²) in [5.74, 6) is 0.190. The van der Waals surface area contributed by atoms with E-state index in [-0.39, 0.29) is 18.6 Å². The summed E-state index contributed by atoms with van der Waals surface area (Å²) in [6.07, 6.45) is 1.59. The SMILES string of the molecule is CCNC1CCN(CCCO)C1=O. The zero-order valence-corrected chi connectivity index (χ0v) is 8.12. The van der Waals surface area contributed by atoms with Crippen LogP contribution in [0.1, 0.15) is 19.8 Å². The number of aliphatic hydroxyl groups is 1. The van der Waals surface area contributed by atoms with Crippen LogP contribution in [0.15, 0.2) is 0 Å². The number of amides is 1. The molecular formula is C9H18N2O2. The Morgan fingerprint density at radius 3 is 3.08 bits per heavy atom. The molecule has 0 aliphatic carbocycles. The van der Waals surface area contributed by atoms with E-state index < -0.39 is 0 Å². The Morgan fingerprint density at radius 2 is 2.46 bits per heavy atom. The van der Waals surface area contributed by atoms with Crippen LogP contribution >= 0.6 is 0 Å². The maximum Gasteiger partial charge on any atom is 0.239 e. The van der Waals surface area contributed by atoms with Crippen LogP contribution in [0.5, 0.6) is 0 Å². The highest BCUT2D eigenvalue weighted by Crippen LogP contribution is 2.10. The normalized spacial score (nSPS) is 22.8. The molecule has 1 fully saturated rings. The fourth-order valence-electron chi connectivity index (χ4n) is 1.66. The van der Waals surface area contributed by atoms with Crippen LogP contribution < -0.4 is 5.32 Å². The van der Waals surface area contributed by atoms with Gasteiger partial charge in [0.15, 0.2) is 0 Å². The molecule has 0 saturated carbocycles. The summed E-state index contributed by atoms with van der Waals surface area (Å²) >= 11 is 0. The third-order valence-corrected chi connectivity index (χ3v) is 2.33. The van der Waals surface area contributed by atoms with Crippen molar-refractivity contribution in [2.75, 3.05) is 26.2 Å². The molecule has 2 N–H and O–H groups in total. The summed E-state index contributed by atoms with van der Waals surface area (Å²) in [6, 6.07) is 0.0173. The lowest BCUT2D eigenvalue weighted by molar-refractivity contribution is -0.129. The average Bonchev–Trinajstić information content (AvgIpc) is 2.46. The van der Waals surface area contributed by atoms with E-state index in [2.05, 4.69) is 5.32 Å². The van der Waals surface area contributed by atoms with Crippen LogP contribution in [0.4, 0.5) is 0 Å². The fourth-order valence-corrected chi connectivity index (χ4v) is 1.66. The first kappa shape index (κ1) is 10.5. The van der Waals surface area contributed by atoms with Gasteiger partial charge in [0.25, 0.3) is 0 Å². The van der Waals surface area contributed by atoms with Crippen molar-refractivity contribution >= 4 is 5.91 Å². The van der Waals surface area contributed by atoms with Gasteiger partial charge < -0.3 is 15.3 Å². The van der Waals surface area contributed by atoms with Gasteiger partial charge in [-0.3, -0.25) is 4.79 Å². The van der Waals surface area contributed by atoms with Gasteiger partial charge in [0.1, 0.15) is 0 Å². The zero-order chi connectivity index (χ0) is 9.68. The number of carbonyl (C=O) groups excluding carboxylic acids is 1. The van der Waals surface area contributed by atoms with Crippen LogP contribution in [-0.2, 0) is 4.79 Å². The first-order chi connectivity index (χ1) is 6.29. The lowest BCUT2D eigenvalue weighted by Gasteiger charge is -2.15. The van der Waals surface area contributed by atoms with Crippen molar-refractivity contribution in [3.8, 4) is 0 Å². The van der Waals surface area contributed by atoms with E-state index in [1.807, 2.05) is 11.8 Å². The lowest BCUT2D eigenvalue weighted by atomic mass is 10.2. The van der Waals surface area contributed by atoms with Crippen molar-refractivity contribution in [2.24, 2.45) is 0 Å². The third kappa shape index (κ3) is 2.67. The van der Waals surface area contributed by atoms with Gasteiger partial charge in [-0.05, 0) is 19.4 Å². The van der Waals surface area contributed by atoms with Crippen LogP contribution in [-0.4, -0.2) is 48.2 Å². The lowest BCUT2D eigenvalue weighted by Crippen LogP contribution is -2.38. The molecule has 0 aromatic rings. The highest BCUT2D eigenvalue weighted by molar-refractivity contribution is 5.83. The van der Waals surface area contributed by atoms with Crippen LogP contribution in [0.2, 0.25) is 0 Å². The molecule has 0 bridgehead atoms. The maximum absolute atomic E-state index is 11.6. The van der Waals surface area contributed by atoms with E-state index in [1.54, 1.807) is 0 Å². The van der Waals surface area contributed by atoms with Gasteiger partial charge >= 0.3 is 0 Å². The molecule has 0 radical (unpaired) electrons. The predicted octanol–water partition coefficient (Wildman–Crippen LogP) is -0.421. The minimum absolute atomic E-state index is 0.0173. The van der Waals surface area contributed by atoms with Gasteiger partial charge in [-0.15, -0.1) is 0 Å². The van der Waals surface area contributed by atoms with Gasteiger partial charge in [-0.2, -0.15) is 0 Å². The van der Waals surface area contributed by atoms with E-state index >= 15 is 0 Å². The molecule has 4 nitrogen and oxygen atoms in total. The van der Waals surface area contributed by atoms with Crippen LogP contribution in [0.25, 0.3) is 0 Å². The van der Waals surface area contributed by atoms with E-state index in [1.165, 1.54) is 0 Å². The number of nitrogens with one attached hydrogen (secondary N) is 1. The second-order valence-corrected chi connectivity index (χ2v) is 3.30. The number of likely N-dealkylation sites (tertiary alicyclic amines) is 1. The second kappa shape index (κ2) is 5.19. The van der Waals surface area contributed by atoms with E-state index in [9.17, 15) is 4.79 Å². The molecule has 1 atom stereocenters. The Hall–Kier alpha value is -0.610. The summed E-state index contributed by atoms with van der Waals surface area (Å²) in [5.41, 5.74) is 0. The second-order valence-electron chi connectivity index (χ2n) is 3.30. The van der Waals surface area contributed by atoms with E-state index in [4.69, 9.17) is 5.11 Å². The molecule has 0 spiro atoms. The topological polar surface area (TPSA) is 52.6 Å². The molecule has 1 aliphatic heterocycles. The average molecular weight is 186 g/mol. The molecule has 0 aromatic heterocycles. The molecular weight excluding hydrogens is 168 g/mol. The Bertz CT molecular complexity index is 173. The summed E-state index contributed by atoms with van der Waals surface area (Å²) in [5, 5.41) is 11.8. The summed E-state index contributed by atoms with van der Waals surface area (Å²) in [6.45, 7) is 4.53. The molecule has 4 heteroatoms. The van der Waals surface area contributed by atoms with Crippen molar-refractivity contribution in [3.05, 3.63) is 0 Å². The van der Waals surface area contributed by atoms with Crippen LogP contribution in [0, 0.1) is 0 Å². The Kier molecular flexibility index (Phi) is 4.18. The van der Waals surface area contributed by atoms with Gasteiger partial charge in [0.05, 0.1) is 6.04 Å². The minimum Gasteiger partial charge on any atom is -0.396 e.